The molecule has 0 radical (unpaired) electrons. The maximum Gasteiger partial charge on any atom is 0.408 e. The maximum absolute atomic E-state index is 14.4. The summed E-state index contributed by atoms with van der Waals surface area (Å²) in [6.07, 6.45) is 9.44. The van der Waals surface area contributed by atoms with Crippen molar-refractivity contribution in [1.29, 1.82) is 0 Å². The number of amides is 4. The van der Waals surface area contributed by atoms with Crippen molar-refractivity contribution in [2.24, 2.45) is 5.92 Å². The predicted octanol–water partition coefficient (Wildman–Crippen LogP) is 2.86. The topological polar surface area (TPSA) is 182 Å². The fourth-order valence-electron chi connectivity index (χ4n) is 7.31. The normalized spacial score (nSPS) is 29.8. The van der Waals surface area contributed by atoms with Crippen LogP contribution in [0.5, 0.6) is 5.88 Å². The molecule has 7 rings (SSSR count). The number of ether oxygens (including phenoxy) is 3. The molecule has 5 unspecified atom stereocenters. The van der Waals surface area contributed by atoms with Crippen molar-refractivity contribution in [3.63, 3.8) is 0 Å². The van der Waals surface area contributed by atoms with Gasteiger partial charge in [-0.3, -0.25) is 19.1 Å². The van der Waals surface area contributed by atoms with Crippen molar-refractivity contribution >= 4 is 44.6 Å². The fourth-order valence-corrected chi connectivity index (χ4v) is 8.68. The second-order valence-corrected chi connectivity index (χ2v) is 16.2. The van der Waals surface area contributed by atoms with Gasteiger partial charge in [0.1, 0.15) is 29.8 Å². The number of allylic oxidation sites excluding steroid dienone is 1. The van der Waals surface area contributed by atoms with Crippen LogP contribution in [0, 0.1) is 5.92 Å². The summed E-state index contributed by atoms with van der Waals surface area (Å²) in [6.45, 7) is 0.992. The quantitative estimate of drug-likeness (QED) is 0.360. The van der Waals surface area contributed by atoms with Crippen molar-refractivity contribution in [2.75, 3.05) is 19.8 Å². The fraction of sp³-hybridized carbons (Fsp3) is 0.583. The molecule has 1 aromatic carbocycles. The molecule has 0 bridgehead atoms. The summed E-state index contributed by atoms with van der Waals surface area (Å²) >= 11 is 0. The SMILES string of the molecule is O=C(NC1CCCCC/C=C\C2CC2(C(=O)NS(=O)(=O)C2CC2)NC(=O)C2CC(Oc3nccc4ccccc34)CN2C1=O)OC1CCOCC1. The third-order valence-electron chi connectivity index (χ3n) is 10.5. The highest BCUT2D eigenvalue weighted by Gasteiger charge is 2.62. The van der Waals surface area contributed by atoms with Gasteiger partial charge in [-0.2, -0.15) is 0 Å². The van der Waals surface area contributed by atoms with Gasteiger partial charge in [-0.25, -0.2) is 18.2 Å². The van der Waals surface area contributed by atoms with Crippen LogP contribution in [0.25, 0.3) is 10.8 Å². The molecule has 0 spiro atoms. The van der Waals surface area contributed by atoms with Crippen molar-refractivity contribution in [3.8, 4) is 5.88 Å². The molecule has 14 nitrogen and oxygen atoms in total. The smallest absolute Gasteiger partial charge is 0.408 e. The Kier molecular flexibility index (Phi) is 10.2. The van der Waals surface area contributed by atoms with Crippen LogP contribution in [0.4, 0.5) is 4.79 Å². The third-order valence-corrected chi connectivity index (χ3v) is 12.3. The zero-order valence-corrected chi connectivity index (χ0v) is 29.3. The van der Waals surface area contributed by atoms with Gasteiger partial charge in [-0.1, -0.05) is 43.2 Å². The Morgan fingerprint density at radius 2 is 1.80 bits per heavy atom. The van der Waals surface area contributed by atoms with Gasteiger partial charge in [0, 0.05) is 36.8 Å². The number of nitrogens with one attached hydrogen (secondary N) is 3. The largest absolute Gasteiger partial charge is 0.472 e. The summed E-state index contributed by atoms with van der Waals surface area (Å²) in [6, 6.07) is 7.41. The molecule has 15 heteroatoms. The number of sulfonamides is 1. The minimum absolute atomic E-state index is 0.0214. The summed E-state index contributed by atoms with van der Waals surface area (Å²) in [4.78, 5) is 61.3. The molecule has 2 aliphatic carbocycles. The molecule has 3 N–H and O–H groups in total. The van der Waals surface area contributed by atoms with E-state index in [-0.39, 0.29) is 25.5 Å². The summed E-state index contributed by atoms with van der Waals surface area (Å²) in [5.41, 5.74) is -1.48. The highest BCUT2D eigenvalue weighted by atomic mass is 32.2. The van der Waals surface area contributed by atoms with Crippen LogP contribution in [-0.2, 0) is 33.9 Å². The van der Waals surface area contributed by atoms with E-state index in [1.54, 1.807) is 6.20 Å². The lowest BCUT2D eigenvalue weighted by Gasteiger charge is -2.30. The number of benzene rings is 1. The average molecular weight is 724 g/mol. The number of pyridine rings is 1. The van der Waals surface area contributed by atoms with Crippen molar-refractivity contribution in [2.45, 2.75) is 106 Å². The van der Waals surface area contributed by atoms with E-state index in [1.165, 1.54) is 4.90 Å². The molecule has 4 heterocycles. The molecule has 4 fully saturated rings. The van der Waals surface area contributed by atoms with E-state index in [0.717, 1.165) is 23.6 Å². The number of rotatable bonds is 7. The van der Waals surface area contributed by atoms with E-state index >= 15 is 0 Å². The lowest BCUT2D eigenvalue weighted by molar-refractivity contribution is -0.141. The van der Waals surface area contributed by atoms with E-state index in [4.69, 9.17) is 14.2 Å². The monoisotopic (exact) mass is 723 g/mol. The molecule has 4 amide bonds. The second-order valence-electron chi connectivity index (χ2n) is 14.2. The zero-order chi connectivity index (χ0) is 35.6. The van der Waals surface area contributed by atoms with Crippen molar-refractivity contribution in [3.05, 3.63) is 48.7 Å². The zero-order valence-electron chi connectivity index (χ0n) is 28.5. The first kappa shape index (κ1) is 35.2. The number of fused-ring (bicyclic) bond motifs is 3. The summed E-state index contributed by atoms with van der Waals surface area (Å²) < 4.78 is 45.2. The summed E-state index contributed by atoms with van der Waals surface area (Å²) in [5, 5.41) is 6.74. The highest BCUT2D eigenvalue weighted by molar-refractivity contribution is 7.91. The molecule has 1 aromatic heterocycles. The number of hydrogen-bond donors (Lipinski definition) is 3. The molecule has 2 saturated heterocycles. The minimum Gasteiger partial charge on any atom is -0.472 e. The van der Waals surface area contributed by atoms with E-state index in [2.05, 4.69) is 20.3 Å². The lowest BCUT2D eigenvalue weighted by atomic mass is 10.0. The van der Waals surface area contributed by atoms with Crippen molar-refractivity contribution < 1.29 is 41.8 Å². The van der Waals surface area contributed by atoms with Gasteiger partial charge >= 0.3 is 6.09 Å². The Morgan fingerprint density at radius 1 is 1.00 bits per heavy atom. The number of hydrogen-bond acceptors (Lipinski definition) is 10. The van der Waals surface area contributed by atoms with E-state index in [1.807, 2.05) is 42.5 Å². The molecule has 3 aliphatic heterocycles. The standard InChI is InChI=1S/C36H45N5O9S/c42-31-30-20-26(49-32-28-10-7-6-8-23(28)14-17-37-32)22-41(30)33(43)29(38-35(45)50-25-15-18-48-19-16-25)11-5-3-1-2-4-9-24-21-36(24,39-31)34(44)40-51(46,47)27-12-13-27/h4,6-10,14,17,24-27,29-30H,1-3,5,11-13,15-16,18-22H2,(H,38,45)(H,39,42)(H,40,44)/b9-4-. The van der Waals surface area contributed by atoms with E-state index < -0.39 is 68.7 Å². The summed E-state index contributed by atoms with van der Waals surface area (Å²) in [7, 11) is -3.87. The first-order valence-electron chi connectivity index (χ1n) is 18.0. The van der Waals surface area contributed by atoms with E-state index in [9.17, 15) is 27.6 Å². The van der Waals surface area contributed by atoms with Gasteiger partial charge in [-0.05, 0) is 56.0 Å². The van der Waals surface area contributed by atoms with Gasteiger partial charge in [0.15, 0.2) is 0 Å². The number of carbonyl (C=O) groups excluding carboxylic acids is 4. The van der Waals surface area contributed by atoms with Crippen LogP contribution in [0.15, 0.2) is 48.7 Å². The van der Waals surface area contributed by atoms with Crippen LogP contribution in [-0.4, -0.2) is 97.0 Å². The van der Waals surface area contributed by atoms with E-state index in [0.29, 0.717) is 64.0 Å². The number of carbonyl (C=O) groups is 4. The minimum atomic E-state index is -3.87. The van der Waals surface area contributed by atoms with Crippen molar-refractivity contribution in [1.82, 2.24) is 25.2 Å². The molecular formula is C36H45N5O9S. The van der Waals surface area contributed by atoms with Crippen LogP contribution < -0.4 is 20.1 Å². The van der Waals surface area contributed by atoms with Gasteiger partial charge in [0.05, 0.1) is 25.0 Å². The van der Waals surface area contributed by atoms with Crippen LogP contribution in [0.2, 0.25) is 0 Å². The second kappa shape index (κ2) is 14.8. The first-order chi connectivity index (χ1) is 24.6. The van der Waals surface area contributed by atoms with Gasteiger partial charge in [-0.15, -0.1) is 0 Å². The average Bonchev–Trinajstić information content (AvgIpc) is 4.04. The molecule has 5 aliphatic rings. The number of nitrogens with zero attached hydrogens (tertiary/aromatic N) is 2. The van der Waals surface area contributed by atoms with Crippen LogP contribution in [0.3, 0.4) is 0 Å². The first-order valence-corrected chi connectivity index (χ1v) is 19.6. The summed E-state index contributed by atoms with van der Waals surface area (Å²) in [5.74, 6) is -1.90. The Hall–Kier alpha value is -4.24. The molecule has 2 aromatic rings. The third kappa shape index (κ3) is 7.98. The Morgan fingerprint density at radius 3 is 2.61 bits per heavy atom. The van der Waals surface area contributed by atoms with Gasteiger partial charge in [0.2, 0.25) is 27.7 Å². The molecule has 274 valence electrons. The van der Waals surface area contributed by atoms with Gasteiger partial charge in [0.25, 0.3) is 5.91 Å². The number of aromatic nitrogens is 1. The highest BCUT2D eigenvalue weighted by Crippen LogP contribution is 2.46. The molecule has 51 heavy (non-hydrogen) atoms. The van der Waals surface area contributed by atoms with Crippen LogP contribution >= 0.6 is 0 Å². The Balaban J connectivity index is 1.16. The van der Waals surface area contributed by atoms with Crippen LogP contribution in [0.1, 0.15) is 70.6 Å². The number of alkyl carbamates (subject to hydrolysis) is 1. The Bertz CT molecular complexity index is 1790. The lowest BCUT2D eigenvalue weighted by Crippen LogP contribution is -2.58. The maximum atomic E-state index is 14.4. The van der Waals surface area contributed by atoms with Gasteiger partial charge < -0.3 is 29.7 Å². The molecular weight excluding hydrogens is 678 g/mol. The Labute approximate surface area is 297 Å². The predicted molar refractivity (Wildman–Crippen MR) is 185 cm³/mol. The molecule has 2 saturated carbocycles. The molecule has 5 atom stereocenters.